The SMILES string of the molecule is c1ccc(C[NH2+]CCCOc2cccc3ccccc23)cc1. The van der Waals surface area contributed by atoms with E-state index in [1.165, 1.54) is 16.3 Å². The van der Waals surface area contributed by atoms with E-state index in [-0.39, 0.29) is 0 Å². The first-order chi connectivity index (χ1) is 10.9. The Morgan fingerprint density at radius 3 is 2.45 bits per heavy atom. The van der Waals surface area contributed by atoms with Crippen LogP contribution < -0.4 is 10.1 Å². The van der Waals surface area contributed by atoms with E-state index in [9.17, 15) is 0 Å². The summed E-state index contributed by atoms with van der Waals surface area (Å²) in [6.45, 7) is 2.88. The van der Waals surface area contributed by atoms with Crippen molar-refractivity contribution in [2.45, 2.75) is 13.0 Å². The first kappa shape index (κ1) is 14.6. The molecule has 0 aliphatic heterocycles. The van der Waals surface area contributed by atoms with E-state index in [1.54, 1.807) is 0 Å². The second-order valence-corrected chi connectivity index (χ2v) is 5.45. The molecule has 0 aromatic heterocycles. The highest BCUT2D eigenvalue weighted by atomic mass is 16.5. The van der Waals surface area contributed by atoms with E-state index in [2.05, 4.69) is 78.1 Å². The van der Waals surface area contributed by atoms with Crippen LogP contribution in [0.25, 0.3) is 10.8 Å². The summed E-state index contributed by atoms with van der Waals surface area (Å²) in [5.74, 6) is 0.987. The van der Waals surface area contributed by atoms with E-state index in [0.29, 0.717) is 0 Å². The van der Waals surface area contributed by atoms with Crippen molar-refractivity contribution in [3.05, 3.63) is 78.4 Å². The molecule has 112 valence electrons. The predicted octanol–water partition coefficient (Wildman–Crippen LogP) is 3.37. The molecular formula is C20H22NO+. The van der Waals surface area contributed by atoms with Gasteiger partial charge in [-0.1, -0.05) is 66.7 Å². The Bertz CT molecular complexity index is 704. The fourth-order valence-electron chi connectivity index (χ4n) is 2.61. The Balaban J connectivity index is 1.43. The van der Waals surface area contributed by atoms with Crippen LogP contribution in [0.3, 0.4) is 0 Å². The molecular weight excluding hydrogens is 270 g/mol. The lowest BCUT2D eigenvalue weighted by molar-refractivity contribution is -0.671. The van der Waals surface area contributed by atoms with Crippen LogP contribution in [0.2, 0.25) is 0 Å². The smallest absolute Gasteiger partial charge is 0.127 e. The van der Waals surface area contributed by atoms with Gasteiger partial charge in [-0.25, -0.2) is 0 Å². The number of fused-ring (bicyclic) bond motifs is 1. The Labute approximate surface area is 131 Å². The number of hydrogen-bond donors (Lipinski definition) is 1. The van der Waals surface area contributed by atoms with Crippen molar-refractivity contribution in [1.29, 1.82) is 0 Å². The average molecular weight is 292 g/mol. The monoisotopic (exact) mass is 292 g/mol. The summed E-state index contributed by atoms with van der Waals surface area (Å²) in [6, 6.07) is 25.2. The molecule has 0 aliphatic rings. The van der Waals surface area contributed by atoms with Gasteiger partial charge >= 0.3 is 0 Å². The first-order valence-corrected chi connectivity index (χ1v) is 7.89. The molecule has 3 aromatic rings. The fraction of sp³-hybridized carbons (Fsp3) is 0.200. The molecule has 0 atom stereocenters. The van der Waals surface area contributed by atoms with Gasteiger partial charge in [0, 0.05) is 17.4 Å². The number of quaternary nitrogens is 1. The third kappa shape index (κ3) is 3.86. The van der Waals surface area contributed by atoms with Crippen LogP contribution in [-0.4, -0.2) is 13.2 Å². The molecule has 0 saturated carbocycles. The quantitative estimate of drug-likeness (QED) is 0.664. The molecule has 0 unspecified atom stereocenters. The third-order valence-corrected chi connectivity index (χ3v) is 3.78. The number of benzene rings is 3. The van der Waals surface area contributed by atoms with Crippen LogP contribution >= 0.6 is 0 Å². The lowest BCUT2D eigenvalue weighted by Crippen LogP contribution is -2.82. The first-order valence-electron chi connectivity index (χ1n) is 7.89. The molecule has 2 N–H and O–H groups in total. The molecule has 0 aliphatic carbocycles. The minimum atomic E-state index is 0.763. The van der Waals surface area contributed by atoms with Gasteiger partial charge in [-0.2, -0.15) is 0 Å². The van der Waals surface area contributed by atoms with Gasteiger partial charge in [-0.3, -0.25) is 0 Å². The highest BCUT2D eigenvalue weighted by molar-refractivity contribution is 5.88. The van der Waals surface area contributed by atoms with E-state index in [1.807, 2.05) is 0 Å². The summed E-state index contributed by atoms with van der Waals surface area (Å²) >= 11 is 0. The van der Waals surface area contributed by atoms with Crippen molar-refractivity contribution in [3.63, 3.8) is 0 Å². The summed E-state index contributed by atoms with van der Waals surface area (Å²) < 4.78 is 5.95. The standard InChI is InChI=1S/C20H21NO/c1-2-8-17(9-3-1)16-21-14-7-15-22-20-13-6-11-18-10-4-5-12-19(18)20/h1-6,8-13,21H,7,14-16H2/p+1. The van der Waals surface area contributed by atoms with Crippen molar-refractivity contribution in [2.75, 3.05) is 13.2 Å². The summed E-state index contributed by atoms with van der Waals surface area (Å²) in [5.41, 5.74) is 1.37. The Morgan fingerprint density at radius 2 is 1.55 bits per heavy atom. The minimum Gasteiger partial charge on any atom is -0.493 e. The summed E-state index contributed by atoms with van der Waals surface area (Å²) in [4.78, 5) is 0. The molecule has 0 heterocycles. The van der Waals surface area contributed by atoms with Gasteiger partial charge < -0.3 is 10.1 Å². The van der Waals surface area contributed by atoms with Crippen molar-refractivity contribution in [1.82, 2.24) is 0 Å². The lowest BCUT2D eigenvalue weighted by Gasteiger charge is -2.09. The van der Waals surface area contributed by atoms with Crippen molar-refractivity contribution < 1.29 is 10.1 Å². The summed E-state index contributed by atoms with van der Waals surface area (Å²) in [5, 5.41) is 4.76. The van der Waals surface area contributed by atoms with Crippen molar-refractivity contribution >= 4 is 10.8 Å². The summed E-state index contributed by atoms with van der Waals surface area (Å²) in [7, 11) is 0. The van der Waals surface area contributed by atoms with Crippen LogP contribution in [0.4, 0.5) is 0 Å². The third-order valence-electron chi connectivity index (χ3n) is 3.78. The van der Waals surface area contributed by atoms with Gasteiger partial charge in [0.25, 0.3) is 0 Å². The maximum absolute atomic E-state index is 5.95. The van der Waals surface area contributed by atoms with E-state index >= 15 is 0 Å². The van der Waals surface area contributed by atoms with Crippen LogP contribution in [0, 0.1) is 0 Å². The highest BCUT2D eigenvalue weighted by Crippen LogP contribution is 2.24. The molecule has 3 aromatic carbocycles. The van der Waals surface area contributed by atoms with Gasteiger partial charge in [0.05, 0.1) is 13.2 Å². The largest absolute Gasteiger partial charge is 0.493 e. The number of rotatable bonds is 7. The van der Waals surface area contributed by atoms with E-state index in [0.717, 1.165) is 31.9 Å². The number of nitrogens with two attached hydrogens (primary N) is 1. The van der Waals surface area contributed by atoms with E-state index in [4.69, 9.17) is 4.74 Å². The zero-order chi connectivity index (χ0) is 15.0. The van der Waals surface area contributed by atoms with Gasteiger partial charge in [0.1, 0.15) is 12.3 Å². The Kier molecular flexibility index (Phi) is 5.06. The van der Waals surface area contributed by atoms with Gasteiger partial charge in [0.15, 0.2) is 0 Å². The molecule has 0 amide bonds. The predicted molar refractivity (Wildman–Crippen MR) is 91.0 cm³/mol. The Morgan fingerprint density at radius 1 is 0.773 bits per heavy atom. The van der Waals surface area contributed by atoms with E-state index < -0.39 is 0 Å². The molecule has 0 radical (unpaired) electrons. The van der Waals surface area contributed by atoms with Crippen LogP contribution in [0.1, 0.15) is 12.0 Å². The molecule has 22 heavy (non-hydrogen) atoms. The molecule has 0 saturated heterocycles. The zero-order valence-electron chi connectivity index (χ0n) is 12.7. The average Bonchev–Trinajstić information content (AvgIpc) is 2.59. The fourth-order valence-corrected chi connectivity index (χ4v) is 2.61. The molecule has 2 heteroatoms. The van der Waals surface area contributed by atoms with Crippen molar-refractivity contribution in [2.24, 2.45) is 0 Å². The molecule has 0 spiro atoms. The van der Waals surface area contributed by atoms with Gasteiger partial charge in [-0.05, 0) is 11.5 Å². The maximum atomic E-state index is 5.95. The number of hydrogen-bond acceptors (Lipinski definition) is 1. The van der Waals surface area contributed by atoms with Crippen LogP contribution in [0.15, 0.2) is 72.8 Å². The minimum absolute atomic E-state index is 0.763. The second kappa shape index (κ2) is 7.62. The maximum Gasteiger partial charge on any atom is 0.127 e. The summed E-state index contributed by atoms with van der Waals surface area (Å²) in [6.07, 6.45) is 1.05. The number of ether oxygens (including phenoxy) is 1. The van der Waals surface area contributed by atoms with Crippen molar-refractivity contribution in [3.8, 4) is 5.75 Å². The van der Waals surface area contributed by atoms with Gasteiger partial charge in [-0.15, -0.1) is 0 Å². The van der Waals surface area contributed by atoms with Crippen LogP contribution in [0.5, 0.6) is 5.75 Å². The normalized spacial score (nSPS) is 10.7. The van der Waals surface area contributed by atoms with Gasteiger partial charge in [0.2, 0.25) is 0 Å². The molecule has 0 bridgehead atoms. The molecule has 0 fully saturated rings. The lowest BCUT2D eigenvalue weighted by atomic mass is 10.1. The highest BCUT2D eigenvalue weighted by Gasteiger charge is 2.01. The topological polar surface area (TPSA) is 25.8 Å². The zero-order valence-corrected chi connectivity index (χ0v) is 12.7. The second-order valence-electron chi connectivity index (χ2n) is 5.45. The van der Waals surface area contributed by atoms with Crippen LogP contribution in [-0.2, 0) is 6.54 Å². The Hall–Kier alpha value is -2.32. The molecule has 2 nitrogen and oxygen atoms in total. The molecule has 3 rings (SSSR count).